The van der Waals surface area contributed by atoms with E-state index in [0.717, 1.165) is 18.4 Å². The first-order chi connectivity index (χ1) is 22.7. The normalized spacial score (nSPS) is 19.4. The van der Waals surface area contributed by atoms with Crippen molar-refractivity contribution in [2.75, 3.05) is 39.4 Å². The molecule has 11 nitrogen and oxygen atoms in total. The van der Waals surface area contributed by atoms with Gasteiger partial charge in [0, 0.05) is 31.5 Å². The number of hydrogen-bond acceptors (Lipinski definition) is 7. The monoisotopic (exact) mass is 648 g/mol. The molecule has 2 aromatic carbocycles. The molecule has 4 amide bonds. The first kappa shape index (κ1) is 36.0. The molecule has 1 saturated heterocycles. The van der Waals surface area contributed by atoms with E-state index in [1.807, 2.05) is 62.4 Å². The smallest absolute Gasteiger partial charge is 0.245 e. The number of benzene rings is 2. The number of nitrogens with one attached hydrogen (secondary N) is 4. The number of nitrogens with zero attached hydrogens (tertiary/aromatic N) is 1. The van der Waals surface area contributed by atoms with Gasteiger partial charge in [-0.15, -0.1) is 0 Å². The van der Waals surface area contributed by atoms with Crippen molar-refractivity contribution >= 4 is 23.6 Å². The van der Waals surface area contributed by atoms with E-state index in [1.54, 1.807) is 4.90 Å². The third-order valence-corrected chi connectivity index (χ3v) is 8.70. The second-order valence-corrected chi connectivity index (χ2v) is 13.0. The Bertz CT molecular complexity index is 1290. The summed E-state index contributed by atoms with van der Waals surface area (Å²) in [5, 5.41) is 12.1. The standard InChI is InChI=1S/C36H52N6O5/c1-25(2)21-31(34(44)40-29(15-9-10-16-37)36(46)42-17-19-47-20-18-42)41-35(45)32(22-26-11-5-3-6-12-26)39-33(43)24-38-30-23-28(30)27-13-7-4-8-14-27/h3-8,11-14,25,28-32,38H,9-10,15-24,37H2,1-2H3,(H,39,43)(H,40,44)(H,41,45)/t28-,29?,30?,31-,32-/m1/s1. The van der Waals surface area contributed by atoms with Gasteiger partial charge in [-0.3, -0.25) is 19.2 Å². The number of unbranched alkanes of at least 4 members (excludes halogenated alkanes) is 1. The van der Waals surface area contributed by atoms with Gasteiger partial charge < -0.3 is 36.6 Å². The predicted octanol–water partition coefficient (Wildman–Crippen LogP) is 1.86. The van der Waals surface area contributed by atoms with E-state index >= 15 is 0 Å². The highest BCUT2D eigenvalue weighted by molar-refractivity contribution is 5.94. The zero-order valence-electron chi connectivity index (χ0n) is 27.8. The molecule has 0 spiro atoms. The fraction of sp³-hybridized carbons (Fsp3) is 0.556. The number of nitrogens with two attached hydrogens (primary N) is 1. The van der Waals surface area contributed by atoms with Gasteiger partial charge in [-0.2, -0.15) is 0 Å². The molecular weight excluding hydrogens is 596 g/mol. The minimum Gasteiger partial charge on any atom is -0.378 e. The molecule has 1 heterocycles. The number of ether oxygens (including phenoxy) is 1. The SMILES string of the molecule is CC(C)C[C@@H](NC(=O)[C@@H](Cc1ccccc1)NC(=O)CNC1C[C@@H]1c1ccccc1)C(=O)NC(CCCCN)C(=O)N1CCOCC1. The van der Waals surface area contributed by atoms with Crippen LogP contribution in [-0.4, -0.2) is 92.1 Å². The van der Waals surface area contributed by atoms with Crippen molar-refractivity contribution in [2.24, 2.45) is 11.7 Å². The Morgan fingerprint density at radius 2 is 1.49 bits per heavy atom. The molecule has 11 heteroatoms. The Balaban J connectivity index is 1.41. The summed E-state index contributed by atoms with van der Waals surface area (Å²) in [5.41, 5.74) is 7.82. The zero-order chi connectivity index (χ0) is 33.6. The van der Waals surface area contributed by atoms with Crippen molar-refractivity contribution in [3.05, 3.63) is 71.8 Å². The molecule has 1 saturated carbocycles. The van der Waals surface area contributed by atoms with Crippen LogP contribution in [0.4, 0.5) is 0 Å². The summed E-state index contributed by atoms with van der Waals surface area (Å²) in [7, 11) is 0. The lowest BCUT2D eigenvalue weighted by atomic mass is 10.00. The van der Waals surface area contributed by atoms with Crippen molar-refractivity contribution in [1.29, 1.82) is 0 Å². The zero-order valence-corrected chi connectivity index (χ0v) is 27.8. The van der Waals surface area contributed by atoms with Gasteiger partial charge in [0.05, 0.1) is 19.8 Å². The van der Waals surface area contributed by atoms with Crippen LogP contribution < -0.4 is 27.0 Å². The number of carbonyl (C=O) groups is 4. The molecule has 0 aromatic heterocycles. The number of morpholine rings is 1. The predicted molar refractivity (Wildman–Crippen MR) is 181 cm³/mol. The van der Waals surface area contributed by atoms with E-state index in [1.165, 1.54) is 5.56 Å². The fourth-order valence-electron chi connectivity index (χ4n) is 6.02. The maximum absolute atomic E-state index is 13.8. The topological polar surface area (TPSA) is 155 Å². The van der Waals surface area contributed by atoms with Crippen LogP contribution in [0.3, 0.4) is 0 Å². The molecule has 0 radical (unpaired) electrons. The lowest BCUT2D eigenvalue weighted by Crippen LogP contribution is -2.58. The highest BCUT2D eigenvalue weighted by atomic mass is 16.5. The van der Waals surface area contributed by atoms with Crippen LogP contribution in [0.15, 0.2) is 60.7 Å². The molecule has 6 N–H and O–H groups in total. The van der Waals surface area contributed by atoms with Crippen LogP contribution >= 0.6 is 0 Å². The van der Waals surface area contributed by atoms with E-state index < -0.39 is 29.9 Å². The molecule has 2 aromatic rings. The Hall–Kier alpha value is -3.80. The lowest BCUT2D eigenvalue weighted by Gasteiger charge is -2.32. The summed E-state index contributed by atoms with van der Waals surface area (Å²) in [4.78, 5) is 55.8. The van der Waals surface area contributed by atoms with Gasteiger partial charge in [-0.25, -0.2) is 0 Å². The van der Waals surface area contributed by atoms with Crippen molar-refractivity contribution < 1.29 is 23.9 Å². The molecule has 47 heavy (non-hydrogen) atoms. The number of hydrogen-bond donors (Lipinski definition) is 5. The first-order valence-electron chi connectivity index (χ1n) is 17.0. The Labute approximate surface area is 278 Å². The molecule has 2 unspecified atom stereocenters. The Morgan fingerprint density at radius 3 is 2.15 bits per heavy atom. The number of rotatable bonds is 18. The van der Waals surface area contributed by atoms with E-state index in [9.17, 15) is 19.2 Å². The number of amides is 4. The lowest BCUT2D eigenvalue weighted by molar-refractivity contribution is -0.141. The molecule has 256 valence electrons. The summed E-state index contributed by atoms with van der Waals surface area (Å²) < 4.78 is 5.40. The first-order valence-corrected chi connectivity index (χ1v) is 17.0. The van der Waals surface area contributed by atoms with Gasteiger partial charge in [0.15, 0.2) is 0 Å². The molecule has 1 aliphatic heterocycles. The van der Waals surface area contributed by atoms with Crippen LogP contribution in [0, 0.1) is 5.92 Å². The highest BCUT2D eigenvalue weighted by Crippen LogP contribution is 2.40. The summed E-state index contributed by atoms with van der Waals surface area (Å²) in [6.07, 6.45) is 3.46. The second kappa shape index (κ2) is 18.5. The van der Waals surface area contributed by atoms with Crippen LogP contribution in [0.5, 0.6) is 0 Å². The maximum atomic E-state index is 13.8. The summed E-state index contributed by atoms with van der Waals surface area (Å²) in [5.74, 6) is -0.855. The van der Waals surface area contributed by atoms with Gasteiger partial charge in [0.2, 0.25) is 23.6 Å². The average Bonchev–Trinajstić information content (AvgIpc) is 3.87. The van der Waals surface area contributed by atoms with Gasteiger partial charge in [0.1, 0.15) is 18.1 Å². The second-order valence-electron chi connectivity index (χ2n) is 13.0. The van der Waals surface area contributed by atoms with Crippen molar-refractivity contribution in [3.63, 3.8) is 0 Å². The summed E-state index contributed by atoms with van der Waals surface area (Å²) >= 11 is 0. The summed E-state index contributed by atoms with van der Waals surface area (Å²) in [6.45, 7) is 6.38. The number of carbonyl (C=O) groups excluding carboxylic acids is 4. The van der Waals surface area contributed by atoms with E-state index in [0.29, 0.717) is 58.0 Å². The van der Waals surface area contributed by atoms with Crippen LogP contribution in [0.1, 0.15) is 63.0 Å². The molecule has 2 fully saturated rings. The van der Waals surface area contributed by atoms with Crippen LogP contribution in [0.2, 0.25) is 0 Å². The molecule has 4 rings (SSSR count). The van der Waals surface area contributed by atoms with Gasteiger partial charge in [0.25, 0.3) is 0 Å². The maximum Gasteiger partial charge on any atom is 0.245 e. The van der Waals surface area contributed by atoms with Gasteiger partial charge in [-0.1, -0.05) is 74.5 Å². The minimum atomic E-state index is -0.895. The Kier molecular flexibility index (Phi) is 14.2. The molecule has 1 aliphatic carbocycles. The van der Waals surface area contributed by atoms with Crippen LogP contribution in [-0.2, 0) is 30.3 Å². The third-order valence-electron chi connectivity index (χ3n) is 8.70. The van der Waals surface area contributed by atoms with Crippen molar-refractivity contribution in [2.45, 2.75) is 82.5 Å². The molecule has 0 bridgehead atoms. The minimum absolute atomic E-state index is 0.0800. The average molecular weight is 649 g/mol. The summed E-state index contributed by atoms with van der Waals surface area (Å²) in [6, 6.07) is 17.4. The highest BCUT2D eigenvalue weighted by Gasteiger charge is 2.38. The van der Waals surface area contributed by atoms with Crippen LogP contribution in [0.25, 0.3) is 0 Å². The van der Waals surface area contributed by atoms with Gasteiger partial charge in [-0.05, 0) is 55.7 Å². The molecule has 2 aliphatic rings. The van der Waals surface area contributed by atoms with Crippen molar-refractivity contribution in [1.82, 2.24) is 26.2 Å². The Morgan fingerprint density at radius 1 is 0.851 bits per heavy atom. The molecular formula is C36H52N6O5. The largest absolute Gasteiger partial charge is 0.378 e. The van der Waals surface area contributed by atoms with E-state index in [4.69, 9.17) is 10.5 Å². The van der Waals surface area contributed by atoms with Crippen molar-refractivity contribution in [3.8, 4) is 0 Å². The third kappa shape index (κ3) is 11.7. The quantitative estimate of drug-likeness (QED) is 0.155. The fourth-order valence-corrected chi connectivity index (χ4v) is 6.02. The molecule has 5 atom stereocenters. The van der Waals surface area contributed by atoms with E-state index in [-0.39, 0.29) is 36.7 Å². The van der Waals surface area contributed by atoms with Gasteiger partial charge >= 0.3 is 0 Å². The van der Waals surface area contributed by atoms with E-state index in [2.05, 4.69) is 33.4 Å².